The number of hydrogen-bond acceptors (Lipinski definition) is 3. The maximum Gasteiger partial charge on any atom is 0.258 e. The standard InChI is InChI=1S/C18H19N3O2/c1-14(11-21-9-8-19-13-21)20-18(22)12-23-17-7-6-15-4-2-3-5-16(15)10-17/h2-10,13-14H,11-12H2,1H3,(H,20,22)/t14-/m1/s1. The molecule has 0 aliphatic heterocycles. The number of nitrogens with one attached hydrogen (secondary N) is 1. The summed E-state index contributed by atoms with van der Waals surface area (Å²) in [4.78, 5) is 15.9. The van der Waals surface area contributed by atoms with Crippen LogP contribution >= 0.6 is 0 Å². The molecule has 0 aliphatic carbocycles. The molecule has 5 heteroatoms. The van der Waals surface area contributed by atoms with Gasteiger partial charge in [-0.15, -0.1) is 0 Å². The van der Waals surface area contributed by atoms with Crippen molar-refractivity contribution < 1.29 is 9.53 Å². The molecule has 0 bridgehead atoms. The lowest BCUT2D eigenvalue weighted by atomic mass is 10.1. The number of benzene rings is 2. The van der Waals surface area contributed by atoms with Crippen LogP contribution < -0.4 is 10.1 Å². The Morgan fingerprint density at radius 1 is 1.26 bits per heavy atom. The molecule has 3 aromatic rings. The second-order valence-electron chi connectivity index (χ2n) is 5.53. The van der Waals surface area contributed by atoms with E-state index in [0.717, 1.165) is 10.8 Å². The second kappa shape index (κ2) is 6.96. The molecule has 0 fully saturated rings. The zero-order chi connectivity index (χ0) is 16.1. The monoisotopic (exact) mass is 309 g/mol. The van der Waals surface area contributed by atoms with E-state index in [1.54, 1.807) is 12.5 Å². The van der Waals surface area contributed by atoms with E-state index in [1.165, 1.54) is 0 Å². The van der Waals surface area contributed by atoms with E-state index < -0.39 is 0 Å². The Kier molecular flexibility index (Phi) is 4.57. The predicted molar refractivity (Wildman–Crippen MR) is 89.3 cm³/mol. The highest BCUT2D eigenvalue weighted by molar-refractivity contribution is 5.84. The van der Waals surface area contributed by atoms with Crippen molar-refractivity contribution in [2.45, 2.75) is 19.5 Å². The van der Waals surface area contributed by atoms with Crippen LogP contribution in [0, 0.1) is 0 Å². The van der Waals surface area contributed by atoms with E-state index in [2.05, 4.69) is 10.3 Å². The number of imidazole rings is 1. The normalized spacial score (nSPS) is 12.0. The van der Waals surface area contributed by atoms with Crippen molar-refractivity contribution in [1.82, 2.24) is 14.9 Å². The number of rotatable bonds is 6. The van der Waals surface area contributed by atoms with Gasteiger partial charge in [-0.1, -0.05) is 30.3 Å². The molecule has 1 heterocycles. The van der Waals surface area contributed by atoms with Crippen molar-refractivity contribution in [3.63, 3.8) is 0 Å². The molecule has 3 rings (SSSR count). The molecular weight excluding hydrogens is 290 g/mol. The summed E-state index contributed by atoms with van der Waals surface area (Å²) in [6.07, 6.45) is 5.32. The average Bonchev–Trinajstić information content (AvgIpc) is 3.05. The minimum Gasteiger partial charge on any atom is -0.484 e. The van der Waals surface area contributed by atoms with Crippen LogP contribution in [0.25, 0.3) is 10.8 Å². The van der Waals surface area contributed by atoms with Gasteiger partial charge in [0.15, 0.2) is 6.61 Å². The van der Waals surface area contributed by atoms with Crippen LogP contribution in [-0.4, -0.2) is 28.1 Å². The van der Waals surface area contributed by atoms with Crippen molar-refractivity contribution in [1.29, 1.82) is 0 Å². The average molecular weight is 309 g/mol. The van der Waals surface area contributed by atoms with Gasteiger partial charge < -0.3 is 14.6 Å². The Labute approximate surface area is 134 Å². The number of hydrogen-bond donors (Lipinski definition) is 1. The van der Waals surface area contributed by atoms with Crippen LogP contribution in [0.3, 0.4) is 0 Å². The van der Waals surface area contributed by atoms with Crippen LogP contribution in [0.5, 0.6) is 5.75 Å². The molecule has 0 saturated carbocycles. The zero-order valence-corrected chi connectivity index (χ0v) is 13.0. The summed E-state index contributed by atoms with van der Waals surface area (Å²) in [7, 11) is 0. The Balaban J connectivity index is 1.51. The lowest BCUT2D eigenvalue weighted by Gasteiger charge is -2.15. The van der Waals surface area contributed by atoms with Gasteiger partial charge in [0.05, 0.1) is 6.33 Å². The van der Waals surface area contributed by atoms with Gasteiger partial charge in [-0.2, -0.15) is 0 Å². The third-order valence-corrected chi connectivity index (χ3v) is 3.54. The molecule has 0 aliphatic rings. The fourth-order valence-electron chi connectivity index (χ4n) is 2.48. The molecule has 1 aromatic heterocycles. The number of fused-ring (bicyclic) bond motifs is 1. The Morgan fingerprint density at radius 2 is 2.09 bits per heavy atom. The molecule has 2 aromatic carbocycles. The smallest absolute Gasteiger partial charge is 0.258 e. The van der Waals surface area contributed by atoms with E-state index in [4.69, 9.17) is 4.74 Å². The first-order valence-corrected chi connectivity index (χ1v) is 7.57. The van der Waals surface area contributed by atoms with Crippen molar-refractivity contribution in [2.75, 3.05) is 6.61 Å². The predicted octanol–water partition coefficient (Wildman–Crippen LogP) is 2.62. The van der Waals surface area contributed by atoms with Crippen LogP contribution in [0.4, 0.5) is 0 Å². The fourth-order valence-corrected chi connectivity index (χ4v) is 2.48. The maximum atomic E-state index is 12.0. The summed E-state index contributed by atoms with van der Waals surface area (Å²) in [5.74, 6) is 0.562. The molecule has 1 amide bonds. The van der Waals surface area contributed by atoms with Crippen LogP contribution in [0.15, 0.2) is 61.2 Å². The fraction of sp³-hybridized carbons (Fsp3) is 0.222. The summed E-state index contributed by atoms with van der Waals surface area (Å²) in [5, 5.41) is 5.16. The van der Waals surface area contributed by atoms with Gasteiger partial charge >= 0.3 is 0 Å². The lowest BCUT2D eigenvalue weighted by molar-refractivity contribution is -0.123. The summed E-state index contributed by atoms with van der Waals surface area (Å²) in [6, 6.07) is 13.9. The summed E-state index contributed by atoms with van der Waals surface area (Å²) in [6.45, 7) is 2.64. The number of carbonyl (C=O) groups is 1. The molecule has 118 valence electrons. The number of ether oxygens (including phenoxy) is 1. The molecule has 23 heavy (non-hydrogen) atoms. The SMILES string of the molecule is C[C@H](Cn1ccnc1)NC(=O)COc1ccc2ccccc2c1. The summed E-state index contributed by atoms with van der Waals surface area (Å²) >= 11 is 0. The van der Waals surface area contributed by atoms with E-state index in [1.807, 2.05) is 60.2 Å². The summed E-state index contributed by atoms with van der Waals surface area (Å²) < 4.78 is 7.51. The van der Waals surface area contributed by atoms with E-state index >= 15 is 0 Å². The Bertz CT molecular complexity index is 784. The van der Waals surface area contributed by atoms with Gasteiger partial charge in [0, 0.05) is 25.0 Å². The van der Waals surface area contributed by atoms with E-state index in [-0.39, 0.29) is 18.6 Å². The first-order chi connectivity index (χ1) is 11.2. The quantitative estimate of drug-likeness (QED) is 0.761. The first-order valence-electron chi connectivity index (χ1n) is 7.57. The molecule has 5 nitrogen and oxygen atoms in total. The highest BCUT2D eigenvalue weighted by atomic mass is 16.5. The van der Waals surface area contributed by atoms with Gasteiger partial charge in [-0.3, -0.25) is 4.79 Å². The summed E-state index contributed by atoms with van der Waals surface area (Å²) in [5.41, 5.74) is 0. The topological polar surface area (TPSA) is 56.2 Å². The lowest BCUT2D eigenvalue weighted by Crippen LogP contribution is -2.38. The highest BCUT2D eigenvalue weighted by Gasteiger charge is 2.08. The largest absolute Gasteiger partial charge is 0.484 e. The third kappa shape index (κ3) is 4.10. The zero-order valence-electron chi connectivity index (χ0n) is 13.0. The van der Waals surface area contributed by atoms with Crippen molar-refractivity contribution in [3.05, 3.63) is 61.2 Å². The van der Waals surface area contributed by atoms with Crippen molar-refractivity contribution >= 4 is 16.7 Å². The minimum atomic E-state index is -0.134. The molecule has 0 radical (unpaired) electrons. The van der Waals surface area contributed by atoms with Gasteiger partial charge in [-0.05, 0) is 29.8 Å². The molecule has 0 unspecified atom stereocenters. The molecule has 1 N–H and O–H groups in total. The molecule has 1 atom stereocenters. The third-order valence-electron chi connectivity index (χ3n) is 3.54. The molecule has 0 spiro atoms. The Morgan fingerprint density at radius 3 is 2.87 bits per heavy atom. The second-order valence-corrected chi connectivity index (χ2v) is 5.53. The highest BCUT2D eigenvalue weighted by Crippen LogP contribution is 2.20. The van der Waals surface area contributed by atoms with Crippen LogP contribution in [-0.2, 0) is 11.3 Å². The Hall–Kier alpha value is -2.82. The number of aromatic nitrogens is 2. The van der Waals surface area contributed by atoms with Crippen LogP contribution in [0.2, 0.25) is 0 Å². The van der Waals surface area contributed by atoms with Crippen molar-refractivity contribution in [2.24, 2.45) is 0 Å². The van der Waals surface area contributed by atoms with E-state index in [9.17, 15) is 4.79 Å². The van der Waals surface area contributed by atoms with Crippen LogP contribution in [0.1, 0.15) is 6.92 Å². The van der Waals surface area contributed by atoms with E-state index in [0.29, 0.717) is 12.3 Å². The number of amides is 1. The van der Waals surface area contributed by atoms with Gasteiger partial charge in [-0.25, -0.2) is 4.98 Å². The maximum absolute atomic E-state index is 12.0. The minimum absolute atomic E-state index is 0.00656. The molecular formula is C18H19N3O2. The van der Waals surface area contributed by atoms with Crippen molar-refractivity contribution in [3.8, 4) is 5.75 Å². The van der Waals surface area contributed by atoms with Gasteiger partial charge in [0.1, 0.15) is 5.75 Å². The number of carbonyl (C=O) groups excluding carboxylic acids is 1. The molecule has 0 saturated heterocycles. The van der Waals surface area contributed by atoms with Gasteiger partial charge in [0.2, 0.25) is 0 Å². The van der Waals surface area contributed by atoms with Gasteiger partial charge in [0.25, 0.3) is 5.91 Å². The number of nitrogens with zero attached hydrogens (tertiary/aromatic N) is 2. The first kappa shape index (κ1) is 15.1.